The molecule has 1 atom stereocenters. The fraction of sp³-hybridized carbons (Fsp3) is 0.500. The molecule has 3 nitrogen and oxygen atoms in total. The Morgan fingerprint density at radius 2 is 2.43 bits per heavy atom. The molecule has 1 fully saturated rings. The van der Waals surface area contributed by atoms with E-state index in [2.05, 4.69) is 11.4 Å². The van der Waals surface area contributed by atoms with Gasteiger partial charge < -0.3 is 10.1 Å². The summed E-state index contributed by atoms with van der Waals surface area (Å²) >= 11 is 1.80. The molecule has 74 valence electrons. The number of cyclic esters (lactones) is 1. The minimum Gasteiger partial charge on any atom is -0.439 e. The third kappa shape index (κ3) is 1.21. The molecule has 1 aliphatic heterocycles. The fourth-order valence-electron chi connectivity index (χ4n) is 2.06. The Morgan fingerprint density at radius 1 is 1.50 bits per heavy atom. The molecule has 0 saturated carbocycles. The molecule has 0 bridgehead atoms. The summed E-state index contributed by atoms with van der Waals surface area (Å²) in [7, 11) is 0. The van der Waals surface area contributed by atoms with Crippen molar-refractivity contribution in [2.45, 2.75) is 25.4 Å². The summed E-state index contributed by atoms with van der Waals surface area (Å²) in [6.07, 6.45) is 3.35. The first-order valence-corrected chi connectivity index (χ1v) is 5.70. The molecule has 2 aliphatic rings. The number of amides is 1. The van der Waals surface area contributed by atoms with E-state index in [4.69, 9.17) is 4.74 Å². The second-order valence-electron chi connectivity index (χ2n) is 3.73. The van der Waals surface area contributed by atoms with Gasteiger partial charge in [0.15, 0.2) is 6.10 Å². The van der Waals surface area contributed by atoms with Crippen LogP contribution in [-0.2, 0) is 17.6 Å². The van der Waals surface area contributed by atoms with Gasteiger partial charge in [0.05, 0.1) is 6.54 Å². The molecule has 0 spiro atoms. The lowest BCUT2D eigenvalue weighted by Gasteiger charge is -2.03. The largest absolute Gasteiger partial charge is 0.439 e. The smallest absolute Gasteiger partial charge is 0.407 e. The average Bonchev–Trinajstić information content (AvgIpc) is 2.75. The topological polar surface area (TPSA) is 38.3 Å². The Bertz CT molecular complexity index is 364. The maximum absolute atomic E-state index is 10.9. The number of thiophene rings is 1. The van der Waals surface area contributed by atoms with Crippen LogP contribution in [0.25, 0.3) is 0 Å². The lowest BCUT2D eigenvalue weighted by Crippen LogP contribution is -2.12. The molecule has 1 saturated heterocycles. The molecule has 4 heteroatoms. The van der Waals surface area contributed by atoms with Crippen molar-refractivity contribution in [3.8, 4) is 0 Å². The van der Waals surface area contributed by atoms with Crippen LogP contribution < -0.4 is 5.32 Å². The molecule has 1 unspecified atom stereocenters. The maximum Gasteiger partial charge on any atom is 0.407 e. The highest BCUT2D eigenvalue weighted by Crippen LogP contribution is 2.35. The molecule has 14 heavy (non-hydrogen) atoms. The van der Waals surface area contributed by atoms with Crippen molar-refractivity contribution in [3.63, 3.8) is 0 Å². The van der Waals surface area contributed by atoms with E-state index in [1.807, 2.05) is 0 Å². The van der Waals surface area contributed by atoms with Crippen molar-refractivity contribution < 1.29 is 9.53 Å². The minimum absolute atomic E-state index is 0.0434. The van der Waals surface area contributed by atoms with Crippen LogP contribution in [0.2, 0.25) is 0 Å². The van der Waals surface area contributed by atoms with Crippen molar-refractivity contribution >= 4 is 17.4 Å². The number of hydrogen-bond donors (Lipinski definition) is 1. The lowest BCUT2D eigenvalue weighted by atomic mass is 10.2. The highest BCUT2D eigenvalue weighted by molar-refractivity contribution is 7.12. The number of rotatable bonds is 1. The maximum atomic E-state index is 10.9. The molecule has 3 rings (SSSR count). The van der Waals surface area contributed by atoms with Gasteiger partial charge in [-0.25, -0.2) is 4.79 Å². The number of carbonyl (C=O) groups excluding carboxylic acids is 1. The quantitative estimate of drug-likeness (QED) is 0.768. The van der Waals surface area contributed by atoms with Gasteiger partial charge in [-0.15, -0.1) is 11.3 Å². The van der Waals surface area contributed by atoms with E-state index in [1.165, 1.54) is 34.6 Å². The van der Waals surface area contributed by atoms with Crippen molar-refractivity contribution in [3.05, 3.63) is 21.4 Å². The van der Waals surface area contributed by atoms with Crippen LogP contribution in [0, 0.1) is 0 Å². The normalized spacial score (nSPS) is 24.6. The summed E-state index contributed by atoms with van der Waals surface area (Å²) in [5.74, 6) is 0. The summed E-state index contributed by atoms with van der Waals surface area (Å²) in [4.78, 5) is 13.6. The van der Waals surface area contributed by atoms with Gasteiger partial charge >= 0.3 is 6.09 Å². The number of alkyl carbamates (subject to hydrolysis) is 1. The Balaban J connectivity index is 1.87. The molecule has 0 radical (unpaired) electrons. The highest BCUT2D eigenvalue weighted by Gasteiger charge is 2.27. The lowest BCUT2D eigenvalue weighted by molar-refractivity contribution is 0.142. The van der Waals surface area contributed by atoms with E-state index in [1.54, 1.807) is 11.3 Å². The van der Waals surface area contributed by atoms with Crippen molar-refractivity contribution in [2.75, 3.05) is 6.54 Å². The predicted molar refractivity (Wildman–Crippen MR) is 53.6 cm³/mol. The van der Waals surface area contributed by atoms with Crippen molar-refractivity contribution in [1.29, 1.82) is 0 Å². The van der Waals surface area contributed by atoms with E-state index in [-0.39, 0.29) is 12.2 Å². The second-order valence-corrected chi connectivity index (χ2v) is 4.89. The third-order valence-electron chi connectivity index (χ3n) is 2.76. The Kier molecular flexibility index (Phi) is 1.77. The van der Waals surface area contributed by atoms with E-state index in [9.17, 15) is 4.79 Å². The zero-order chi connectivity index (χ0) is 9.54. The number of hydrogen-bond acceptors (Lipinski definition) is 3. The molecular formula is C10H11NO2S. The number of fused-ring (bicyclic) bond motifs is 1. The zero-order valence-corrected chi connectivity index (χ0v) is 8.52. The van der Waals surface area contributed by atoms with Crippen LogP contribution >= 0.6 is 11.3 Å². The van der Waals surface area contributed by atoms with Crippen LogP contribution in [-0.4, -0.2) is 12.6 Å². The monoisotopic (exact) mass is 209 g/mol. The van der Waals surface area contributed by atoms with Gasteiger partial charge in [-0.2, -0.15) is 0 Å². The van der Waals surface area contributed by atoms with Gasteiger partial charge in [-0.05, 0) is 30.9 Å². The Hall–Kier alpha value is -1.03. The molecule has 1 N–H and O–H groups in total. The SMILES string of the molecule is O=C1NCC(c2cc3c(s2)CCC3)O1. The number of nitrogens with one attached hydrogen (secondary N) is 1. The van der Waals surface area contributed by atoms with Crippen LogP contribution in [0.4, 0.5) is 4.79 Å². The van der Waals surface area contributed by atoms with Gasteiger partial charge in [0, 0.05) is 9.75 Å². The highest BCUT2D eigenvalue weighted by atomic mass is 32.1. The third-order valence-corrected chi connectivity index (χ3v) is 4.09. The van der Waals surface area contributed by atoms with Crippen LogP contribution in [0.1, 0.15) is 27.8 Å². The molecule has 1 aromatic rings. The summed E-state index contributed by atoms with van der Waals surface area (Å²) < 4.78 is 5.14. The van der Waals surface area contributed by atoms with Gasteiger partial charge in [0.2, 0.25) is 0 Å². The Labute approximate surface area is 86.1 Å². The first-order valence-electron chi connectivity index (χ1n) is 4.89. The first kappa shape index (κ1) is 8.29. The minimum atomic E-state index is -0.288. The Morgan fingerprint density at radius 3 is 3.14 bits per heavy atom. The molecule has 1 aliphatic carbocycles. The zero-order valence-electron chi connectivity index (χ0n) is 7.71. The van der Waals surface area contributed by atoms with Gasteiger partial charge in [0.25, 0.3) is 0 Å². The summed E-state index contributed by atoms with van der Waals surface area (Å²) in [5.41, 5.74) is 1.47. The fourth-order valence-corrected chi connectivity index (χ4v) is 3.35. The molecule has 2 heterocycles. The summed E-state index contributed by atoms with van der Waals surface area (Å²) in [5, 5.41) is 2.68. The first-order chi connectivity index (χ1) is 6.83. The van der Waals surface area contributed by atoms with Gasteiger partial charge in [-0.3, -0.25) is 0 Å². The van der Waals surface area contributed by atoms with E-state index < -0.39 is 0 Å². The molecule has 1 amide bonds. The van der Waals surface area contributed by atoms with Crippen LogP contribution in [0.5, 0.6) is 0 Å². The van der Waals surface area contributed by atoms with Crippen molar-refractivity contribution in [2.24, 2.45) is 0 Å². The predicted octanol–water partition coefficient (Wildman–Crippen LogP) is 2.02. The number of aryl methyl sites for hydroxylation is 2. The molecular weight excluding hydrogens is 198 g/mol. The van der Waals surface area contributed by atoms with Gasteiger partial charge in [-0.1, -0.05) is 0 Å². The van der Waals surface area contributed by atoms with E-state index in [0.29, 0.717) is 6.54 Å². The van der Waals surface area contributed by atoms with Crippen LogP contribution in [0.15, 0.2) is 6.07 Å². The summed E-state index contributed by atoms with van der Waals surface area (Å²) in [6, 6.07) is 2.21. The number of carbonyl (C=O) groups is 1. The molecule has 0 aromatic carbocycles. The number of ether oxygens (including phenoxy) is 1. The second kappa shape index (κ2) is 2.98. The van der Waals surface area contributed by atoms with E-state index >= 15 is 0 Å². The molecule has 1 aromatic heterocycles. The van der Waals surface area contributed by atoms with Crippen molar-refractivity contribution in [1.82, 2.24) is 5.32 Å². The van der Waals surface area contributed by atoms with Gasteiger partial charge in [0.1, 0.15) is 0 Å². The van der Waals surface area contributed by atoms with Crippen LogP contribution in [0.3, 0.4) is 0 Å². The van der Waals surface area contributed by atoms with E-state index in [0.717, 1.165) is 0 Å². The average molecular weight is 209 g/mol. The standard InChI is InChI=1S/C10H11NO2S/c12-10-11-5-7(13-10)9-4-6-2-1-3-8(6)14-9/h4,7H,1-3,5H2,(H,11,12). The summed E-state index contributed by atoms with van der Waals surface area (Å²) in [6.45, 7) is 0.623.